The van der Waals surface area contributed by atoms with Crippen molar-refractivity contribution in [2.24, 2.45) is 11.8 Å². The molecule has 0 saturated carbocycles. The van der Waals surface area contributed by atoms with Gasteiger partial charge in [0.15, 0.2) is 0 Å². The van der Waals surface area contributed by atoms with Crippen LogP contribution in [0, 0.1) is 18.8 Å². The van der Waals surface area contributed by atoms with Crippen molar-refractivity contribution in [1.82, 2.24) is 20.2 Å². The number of likely N-dealkylation sites (tertiary alicyclic amines) is 1. The van der Waals surface area contributed by atoms with Gasteiger partial charge in [0.1, 0.15) is 5.82 Å². The summed E-state index contributed by atoms with van der Waals surface area (Å²) in [6, 6.07) is 0. The molecule has 6 heteroatoms. The normalized spacial score (nSPS) is 23.8. The number of carbonyl (C=O) groups is 1. The third kappa shape index (κ3) is 4.08. The van der Waals surface area contributed by atoms with Crippen LogP contribution >= 0.6 is 0 Å². The predicted octanol–water partition coefficient (Wildman–Crippen LogP) is 1.08. The molecule has 0 bridgehead atoms. The Hall–Kier alpha value is -1.40. The van der Waals surface area contributed by atoms with Gasteiger partial charge in [-0.3, -0.25) is 9.69 Å². The summed E-state index contributed by atoms with van der Waals surface area (Å²) >= 11 is 0. The molecule has 1 unspecified atom stereocenters. The largest absolute Gasteiger partial charge is 0.381 e. The quantitative estimate of drug-likeness (QED) is 0.854. The van der Waals surface area contributed by atoms with Crippen molar-refractivity contribution in [3.05, 3.63) is 17.7 Å². The van der Waals surface area contributed by atoms with Gasteiger partial charge in [-0.05, 0) is 45.2 Å². The second kappa shape index (κ2) is 7.24. The third-order valence-corrected chi connectivity index (χ3v) is 4.70. The van der Waals surface area contributed by atoms with Crippen molar-refractivity contribution in [1.29, 1.82) is 0 Å². The molecule has 0 aliphatic carbocycles. The van der Waals surface area contributed by atoms with Gasteiger partial charge in [-0.25, -0.2) is 4.98 Å². The fraction of sp³-hybridized carbons (Fsp3) is 0.750. The molecule has 2 aliphatic rings. The van der Waals surface area contributed by atoms with Crippen LogP contribution < -0.4 is 5.32 Å². The smallest absolute Gasteiger partial charge is 0.225 e. The highest BCUT2D eigenvalue weighted by Crippen LogP contribution is 2.18. The van der Waals surface area contributed by atoms with Gasteiger partial charge in [-0.15, -0.1) is 0 Å². The molecule has 3 rings (SSSR count). The first-order valence-electron chi connectivity index (χ1n) is 8.29. The van der Waals surface area contributed by atoms with Crippen molar-refractivity contribution in [2.45, 2.75) is 32.7 Å². The zero-order valence-electron chi connectivity index (χ0n) is 13.3. The summed E-state index contributed by atoms with van der Waals surface area (Å²) in [6.45, 7) is 7.20. The number of ether oxygens (including phenoxy) is 1. The van der Waals surface area contributed by atoms with Gasteiger partial charge in [-0.1, -0.05) is 0 Å². The molecule has 22 heavy (non-hydrogen) atoms. The number of H-pyrrole nitrogens is 1. The predicted molar refractivity (Wildman–Crippen MR) is 83.3 cm³/mol. The number of hydrogen-bond donors (Lipinski definition) is 2. The Kier molecular flexibility index (Phi) is 5.10. The van der Waals surface area contributed by atoms with Gasteiger partial charge in [0.25, 0.3) is 0 Å². The number of carbonyl (C=O) groups excluding carboxylic acids is 1. The summed E-state index contributed by atoms with van der Waals surface area (Å²) in [7, 11) is 0. The van der Waals surface area contributed by atoms with E-state index in [2.05, 4.69) is 20.2 Å². The van der Waals surface area contributed by atoms with Crippen LogP contribution in [-0.4, -0.2) is 53.6 Å². The highest BCUT2D eigenvalue weighted by Gasteiger charge is 2.25. The number of aromatic nitrogens is 2. The van der Waals surface area contributed by atoms with E-state index < -0.39 is 0 Å². The van der Waals surface area contributed by atoms with Crippen LogP contribution in [0.3, 0.4) is 0 Å². The number of hydrogen-bond acceptors (Lipinski definition) is 4. The maximum atomic E-state index is 12.0. The van der Waals surface area contributed by atoms with Gasteiger partial charge in [0, 0.05) is 25.0 Å². The molecule has 0 aromatic carbocycles. The average molecular weight is 306 g/mol. The maximum absolute atomic E-state index is 12.0. The molecule has 0 spiro atoms. The Morgan fingerprint density at radius 2 is 2.27 bits per heavy atom. The van der Waals surface area contributed by atoms with Crippen molar-refractivity contribution in [3.63, 3.8) is 0 Å². The van der Waals surface area contributed by atoms with Crippen LogP contribution in [0.15, 0.2) is 6.20 Å². The van der Waals surface area contributed by atoms with E-state index in [-0.39, 0.29) is 11.8 Å². The summed E-state index contributed by atoms with van der Waals surface area (Å²) < 4.78 is 5.27. The van der Waals surface area contributed by atoms with Crippen molar-refractivity contribution in [2.75, 3.05) is 32.8 Å². The Labute approximate surface area is 131 Å². The number of rotatable bonds is 5. The molecule has 1 aromatic heterocycles. The molecule has 3 heterocycles. The van der Waals surface area contributed by atoms with Gasteiger partial charge < -0.3 is 15.0 Å². The highest BCUT2D eigenvalue weighted by molar-refractivity contribution is 5.78. The lowest BCUT2D eigenvalue weighted by molar-refractivity contribution is -0.125. The zero-order chi connectivity index (χ0) is 15.4. The lowest BCUT2D eigenvalue weighted by Gasteiger charge is -2.31. The Balaban J connectivity index is 1.35. The van der Waals surface area contributed by atoms with E-state index >= 15 is 0 Å². The van der Waals surface area contributed by atoms with Crippen LogP contribution in [0.1, 0.15) is 30.8 Å². The summed E-state index contributed by atoms with van der Waals surface area (Å²) in [4.78, 5) is 22.1. The summed E-state index contributed by atoms with van der Waals surface area (Å²) in [5.74, 6) is 1.89. The fourth-order valence-corrected chi connectivity index (χ4v) is 3.24. The average Bonchev–Trinajstić information content (AvgIpc) is 3.18. The van der Waals surface area contributed by atoms with E-state index in [9.17, 15) is 4.79 Å². The molecule has 2 aliphatic heterocycles. The SMILES string of the molecule is Cc1cnc(CN2CCC(CNC(=O)C3CCOC3)CC2)[nH]1. The number of aryl methyl sites for hydroxylation is 1. The monoisotopic (exact) mass is 306 g/mol. The number of aromatic amines is 1. The van der Waals surface area contributed by atoms with E-state index in [1.807, 2.05) is 13.1 Å². The topological polar surface area (TPSA) is 70.2 Å². The molecule has 122 valence electrons. The fourth-order valence-electron chi connectivity index (χ4n) is 3.24. The van der Waals surface area contributed by atoms with Crippen LogP contribution in [0.4, 0.5) is 0 Å². The second-order valence-corrected chi connectivity index (χ2v) is 6.54. The number of amides is 1. The number of nitrogens with one attached hydrogen (secondary N) is 2. The van der Waals surface area contributed by atoms with Crippen LogP contribution in [0.2, 0.25) is 0 Å². The van der Waals surface area contributed by atoms with Crippen molar-refractivity contribution in [3.8, 4) is 0 Å². The van der Waals surface area contributed by atoms with E-state index in [0.29, 0.717) is 12.5 Å². The molecule has 1 atom stereocenters. The maximum Gasteiger partial charge on any atom is 0.225 e. The van der Waals surface area contributed by atoms with Gasteiger partial charge in [0.05, 0.1) is 19.1 Å². The summed E-state index contributed by atoms with van der Waals surface area (Å²) in [5.41, 5.74) is 1.11. The molecule has 1 amide bonds. The minimum Gasteiger partial charge on any atom is -0.381 e. The molecule has 2 fully saturated rings. The first-order chi connectivity index (χ1) is 10.7. The lowest BCUT2D eigenvalue weighted by atomic mass is 9.96. The molecular formula is C16H26N4O2. The Morgan fingerprint density at radius 1 is 1.45 bits per heavy atom. The molecule has 6 nitrogen and oxygen atoms in total. The minimum absolute atomic E-state index is 0.0716. The van der Waals surface area contributed by atoms with Gasteiger partial charge in [0.2, 0.25) is 5.91 Å². The van der Waals surface area contributed by atoms with Crippen LogP contribution in [-0.2, 0) is 16.1 Å². The van der Waals surface area contributed by atoms with Crippen molar-refractivity contribution < 1.29 is 9.53 Å². The van der Waals surface area contributed by atoms with Gasteiger partial charge >= 0.3 is 0 Å². The first-order valence-corrected chi connectivity index (χ1v) is 8.29. The molecule has 1 aromatic rings. The molecule has 0 radical (unpaired) electrons. The Morgan fingerprint density at radius 3 is 2.91 bits per heavy atom. The standard InChI is InChI=1S/C16H26N4O2/c1-12-8-17-15(19-12)10-20-5-2-13(3-6-20)9-18-16(21)14-4-7-22-11-14/h8,13-14H,2-7,9-11H2,1H3,(H,17,19)(H,18,21). The number of piperidine rings is 1. The number of imidazole rings is 1. The zero-order valence-corrected chi connectivity index (χ0v) is 13.3. The summed E-state index contributed by atoms with van der Waals surface area (Å²) in [6.07, 6.45) is 5.03. The number of nitrogens with zero attached hydrogens (tertiary/aromatic N) is 2. The first kappa shape index (κ1) is 15.5. The third-order valence-electron chi connectivity index (χ3n) is 4.70. The van der Waals surface area contributed by atoms with Crippen LogP contribution in [0.5, 0.6) is 0 Å². The Bertz CT molecular complexity index is 488. The molecule has 2 N–H and O–H groups in total. The van der Waals surface area contributed by atoms with E-state index in [1.165, 1.54) is 0 Å². The van der Waals surface area contributed by atoms with E-state index in [4.69, 9.17) is 4.74 Å². The van der Waals surface area contributed by atoms with E-state index in [1.54, 1.807) is 0 Å². The molecular weight excluding hydrogens is 280 g/mol. The van der Waals surface area contributed by atoms with Gasteiger partial charge in [-0.2, -0.15) is 0 Å². The summed E-state index contributed by atoms with van der Waals surface area (Å²) in [5, 5.41) is 3.11. The highest BCUT2D eigenvalue weighted by atomic mass is 16.5. The van der Waals surface area contributed by atoms with Crippen LogP contribution in [0.25, 0.3) is 0 Å². The second-order valence-electron chi connectivity index (χ2n) is 6.54. The molecule has 2 saturated heterocycles. The minimum atomic E-state index is 0.0716. The van der Waals surface area contributed by atoms with E-state index in [0.717, 1.165) is 63.6 Å². The lowest BCUT2D eigenvalue weighted by Crippen LogP contribution is -2.40. The van der Waals surface area contributed by atoms with Crippen molar-refractivity contribution >= 4 is 5.91 Å².